The van der Waals surface area contributed by atoms with E-state index in [1.165, 1.54) is 0 Å². The molecule has 0 aliphatic carbocycles. The summed E-state index contributed by atoms with van der Waals surface area (Å²) >= 11 is 0. The van der Waals surface area contributed by atoms with Crippen LogP contribution in [0.4, 0.5) is 0 Å². The molecule has 0 aromatic heterocycles. The molecule has 0 fully saturated rings. The molecule has 2 rings (SSSR count). The van der Waals surface area contributed by atoms with Crippen LogP contribution in [0.2, 0.25) is 0 Å². The lowest BCUT2D eigenvalue weighted by molar-refractivity contribution is -0.146. The Kier molecular flexibility index (Phi) is 4.95. The number of carbonyl (C=O) groups is 1. The monoisotopic (exact) mass is 285 g/mol. The summed E-state index contributed by atoms with van der Waals surface area (Å²) in [6.45, 7) is 2.42. The molecule has 21 heavy (non-hydrogen) atoms. The molecular weight excluding hydrogens is 266 g/mol. The first-order valence-electron chi connectivity index (χ1n) is 6.91. The number of carboxylic acid groups (broad SMARTS) is 1. The molecule has 0 amide bonds. The van der Waals surface area contributed by atoms with Gasteiger partial charge in [0.1, 0.15) is 12.4 Å². The number of benzene rings is 2. The maximum absolute atomic E-state index is 11.9. The van der Waals surface area contributed by atoms with Crippen molar-refractivity contribution in [3.05, 3.63) is 66.2 Å². The molecule has 2 aromatic rings. The minimum atomic E-state index is -1.26. The fourth-order valence-corrected chi connectivity index (χ4v) is 2.23. The van der Waals surface area contributed by atoms with Crippen LogP contribution in [0, 0.1) is 0 Å². The average Bonchev–Trinajstić information content (AvgIpc) is 2.53. The number of carboxylic acids is 1. The Bertz CT molecular complexity index is 571. The van der Waals surface area contributed by atoms with Crippen molar-refractivity contribution in [2.45, 2.75) is 12.5 Å². The molecule has 0 heterocycles. The highest BCUT2D eigenvalue weighted by molar-refractivity contribution is 5.81. The van der Waals surface area contributed by atoms with Gasteiger partial charge in [-0.1, -0.05) is 55.5 Å². The molecule has 0 radical (unpaired) electrons. The number of aliphatic carboxylic acids is 1. The summed E-state index contributed by atoms with van der Waals surface area (Å²) in [5, 5.41) is 12.8. The molecule has 1 atom stereocenters. The van der Waals surface area contributed by atoms with Crippen molar-refractivity contribution in [1.82, 2.24) is 5.32 Å². The Morgan fingerprint density at radius 3 is 2.19 bits per heavy atom. The van der Waals surface area contributed by atoms with Crippen LogP contribution in [0.5, 0.6) is 5.75 Å². The lowest BCUT2D eigenvalue weighted by Gasteiger charge is -2.30. The third-order valence-corrected chi connectivity index (χ3v) is 3.31. The zero-order valence-corrected chi connectivity index (χ0v) is 12.0. The van der Waals surface area contributed by atoms with Gasteiger partial charge in [-0.05, 0) is 24.2 Å². The summed E-state index contributed by atoms with van der Waals surface area (Å²) in [5.74, 6) is -0.302. The standard InChI is InChI=1S/C17H19NO3/c1-2-18-17(16(19)20,14-9-5-3-6-10-14)13-21-15-11-7-4-8-12-15/h3-12,18H,2,13H2,1H3,(H,19,20). The van der Waals surface area contributed by atoms with Crippen LogP contribution >= 0.6 is 0 Å². The van der Waals surface area contributed by atoms with Crippen LogP contribution in [-0.2, 0) is 10.3 Å². The molecule has 0 saturated heterocycles. The van der Waals surface area contributed by atoms with E-state index in [1.807, 2.05) is 55.5 Å². The van der Waals surface area contributed by atoms with Gasteiger partial charge < -0.3 is 9.84 Å². The lowest BCUT2D eigenvalue weighted by Crippen LogP contribution is -2.53. The van der Waals surface area contributed by atoms with E-state index in [4.69, 9.17) is 4.74 Å². The number of hydrogen-bond donors (Lipinski definition) is 2. The molecule has 1 unspecified atom stereocenters. The van der Waals surface area contributed by atoms with E-state index < -0.39 is 11.5 Å². The van der Waals surface area contributed by atoms with Gasteiger partial charge in [-0.15, -0.1) is 0 Å². The topological polar surface area (TPSA) is 58.6 Å². The fraction of sp³-hybridized carbons (Fsp3) is 0.235. The SMILES string of the molecule is CCNC(COc1ccccc1)(C(=O)O)c1ccccc1. The van der Waals surface area contributed by atoms with Crippen LogP contribution in [0.3, 0.4) is 0 Å². The number of hydrogen-bond acceptors (Lipinski definition) is 3. The summed E-state index contributed by atoms with van der Waals surface area (Å²) in [5.41, 5.74) is -0.582. The van der Waals surface area contributed by atoms with Crippen LogP contribution in [0.15, 0.2) is 60.7 Å². The van der Waals surface area contributed by atoms with Gasteiger partial charge in [0.05, 0.1) is 0 Å². The molecule has 4 heteroatoms. The van der Waals surface area contributed by atoms with Crippen LogP contribution in [0.1, 0.15) is 12.5 Å². The Hall–Kier alpha value is -2.33. The quantitative estimate of drug-likeness (QED) is 0.821. The molecule has 0 spiro atoms. The molecule has 4 nitrogen and oxygen atoms in total. The zero-order valence-electron chi connectivity index (χ0n) is 12.0. The van der Waals surface area contributed by atoms with Gasteiger partial charge in [-0.25, -0.2) is 4.79 Å². The summed E-state index contributed by atoms with van der Waals surface area (Å²) < 4.78 is 5.70. The van der Waals surface area contributed by atoms with E-state index in [0.717, 1.165) is 0 Å². The van der Waals surface area contributed by atoms with Crippen molar-refractivity contribution >= 4 is 5.97 Å². The second-order valence-electron chi connectivity index (χ2n) is 4.71. The number of likely N-dealkylation sites (N-methyl/N-ethyl adjacent to an activating group) is 1. The molecular formula is C17H19NO3. The predicted molar refractivity (Wildman–Crippen MR) is 81.4 cm³/mol. The third-order valence-electron chi connectivity index (χ3n) is 3.31. The Balaban J connectivity index is 2.29. The minimum absolute atomic E-state index is 0.0181. The van der Waals surface area contributed by atoms with E-state index >= 15 is 0 Å². The maximum Gasteiger partial charge on any atom is 0.332 e. The Morgan fingerprint density at radius 2 is 1.67 bits per heavy atom. The van der Waals surface area contributed by atoms with Crippen molar-refractivity contribution in [3.8, 4) is 5.75 Å². The highest BCUT2D eigenvalue weighted by atomic mass is 16.5. The number of para-hydroxylation sites is 1. The molecule has 0 saturated carbocycles. The number of ether oxygens (including phenoxy) is 1. The van der Waals surface area contributed by atoms with E-state index in [2.05, 4.69) is 5.32 Å². The zero-order chi connectivity index (χ0) is 15.1. The summed E-state index contributed by atoms with van der Waals surface area (Å²) in [6, 6.07) is 18.3. The third kappa shape index (κ3) is 3.41. The van der Waals surface area contributed by atoms with E-state index in [0.29, 0.717) is 17.9 Å². The van der Waals surface area contributed by atoms with Gasteiger partial charge in [0, 0.05) is 0 Å². The van der Waals surface area contributed by atoms with Crippen molar-refractivity contribution < 1.29 is 14.6 Å². The maximum atomic E-state index is 11.9. The highest BCUT2D eigenvalue weighted by Crippen LogP contribution is 2.23. The molecule has 0 bridgehead atoms. The van der Waals surface area contributed by atoms with Crippen LogP contribution in [0.25, 0.3) is 0 Å². The Morgan fingerprint density at radius 1 is 1.10 bits per heavy atom. The molecule has 2 aromatic carbocycles. The van der Waals surface area contributed by atoms with E-state index in [-0.39, 0.29) is 6.61 Å². The molecule has 2 N–H and O–H groups in total. The summed E-state index contributed by atoms with van der Waals surface area (Å²) in [6.07, 6.45) is 0. The first-order chi connectivity index (χ1) is 10.2. The van der Waals surface area contributed by atoms with Crippen LogP contribution in [-0.4, -0.2) is 24.2 Å². The van der Waals surface area contributed by atoms with Crippen molar-refractivity contribution in [2.75, 3.05) is 13.2 Å². The largest absolute Gasteiger partial charge is 0.491 e. The van der Waals surface area contributed by atoms with Gasteiger partial charge >= 0.3 is 5.97 Å². The normalized spacial score (nSPS) is 13.4. The van der Waals surface area contributed by atoms with Gasteiger partial charge in [-0.2, -0.15) is 0 Å². The Labute approximate surface area is 124 Å². The van der Waals surface area contributed by atoms with E-state index in [1.54, 1.807) is 12.1 Å². The second kappa shape index (κ2) is 6.90. The lowest BCUT2D eigenvalue weighted by atomic mass is 9.90. The molecule has 0 aliphatic rings. The first kappa shape index (κ1) is 15.1. The number of rotatable bonds is 7. The van der Waals surface area contributed by atoms with Crippen molar-refractivity contribution in [1.29, 1.82) is 0 Å². The fourth-order valence-electron chi connectivity index (χ4n) is 2.23. The van der Waals surface area contributed by atoms with Crippen LogP contribution < -0.4 is 10.1 Å². The van der Waals surface area contributed by atoms with Crippen molar-refractivity contribution in [3.63, 3.8) is 0 Å². The van der Waals surface area contributed by atoms with Gasteiger partial charge in [0.15, 0.2) is 5.54 Å². The molecule has 110 valence electrons. The van der Waals surface area contributed by atoms with Gasteiger partial charge in [0.25, 0.3) is 0 Å². The summed E-state index contributed by atoms with van der Waals surface area (Å²) in [7, 11) is 0. The summed E-state index contributed by atoms with van der Waals surface area (Å²) in [4.78, 5) is 11.9. The van der Waals surface area contributed by atoms with Gasteiger partial charge in [0.2, 0.25) is 0 Å². The number of nitrogens with one attached hydrogen (secondary N) is 1. The highest BCUT2D eigenvalue weighted by Gasteiger charge is 2.40. The first-order valence-corrected chi connectivity index (χ1v) is 6.91. The minimum Gasteiger partial charge on any atom is -0.491 e. The van der Waals surface area contributed by atoms with Crippen molar-refractivity contribution in [2.24, 2.45) is 0 Å². The predicted octanol–water partition coefficient (Wildman–Crippen LogP) is 2.66. The molecule has 0 aliphatic heterocycles. The smallest absolute Gasteiger partial charge is 0.332 e. The second-order valence-corrected chi connectivity index (χ2v) is 4.71. The van der Waals surface area contributed by atoms with E-state index in [9.17, 15) is 9.90 Å². The van der Waals surface area contributed by atoms with Gasteiger partial charge in [-0.3, -0.25) is 5.32 Å². The average molecular weight is 285 g/mol.